The van der Waals surface area contributed by atoms with Gasteiger partial charge < -0.3 is 16.2 Å². The molecule has 0 radical (unpaired) electrons. The highest BCUT2D eigenvalue weighted by Crippen LogP contribution is 2.38. The van der Waals surface area contributed by atoms with Gasteiger partial charge in [-0.15, -0.1) is 0 Å². The van der Waals surface area contributed by atoms with E-state index in [2.05, 4.69) is 5.32 Å². The van der Waals surface area contributed by atoms with Gasteiger partial charge in [0.05, 0.1) is 17.1 Å². The van der Waals surface area contributed by atoms with Gasteiger partial charge in [0.15, 0.2) is 0 Å². The molecule has 0 atom stereocenters. The van der Waals surface area contributed by atoms with Gasteiger partial charge in [0.1, 0.15) is 5.60 Å². The van der Waals surface area contributed by atoms with Crippen LogP contribution in [0.5, 0.6) is 0 Å². The van der Waals surface area contributed by atoms with Crippen LogP contribution in [0.2, 0.25) is 0 Å². The first-order valence-corrected chi connectivity index (χ1v) is 4.59. The summed E-state index contributed by atoms with van der Waals surface area (Å²) in [5, 5.41) is 2.59. The zero-order valence-corrected chi connectivity index (χ0v) is 8.63. The average Bonchev–Trinajstić information content (AvgIpc) is 2.07. The Morgan fingerprint density at radius 1 is 1.27 bits per heavy atom. The molecule has 0 saturated heterocycles. The lowest BCUT2D eigenvalue weighted by Gasteiger charge is -2.32. The normalized spacial score (nSPS) is 17.6. The predicted octanol–water partition coefficient (Wildman–Crippen LogP) is 1.65. The first kappa shape index (κ1) is 9.64. The van der Waals surface area contributed by atoms with E-state index in [1.807, 2.05) is 0 Å². The number of cyclic esters (lactones) is 1. The van der Waals surface area contributed by atoms with Gasteiger partial charge >= 0.3 is 6.09 Å². The number of carbonyl (C=O) groups excluding carboxylic acids is 1. The fourth-order valence-corrected chi connectivity index (χ4v) is 1.66. The van der Waals surface area contributed by atoms with Gasteiger partial charge in [-0.3, -0.25) is 5.32 Å². The molecule has 1 amide bonds. The van der Waals surface area contributed by atoms with Crippen LogP contribution >= 0.6 is 0 Å². The molecule has 1 aliphatic rings. The Kier molecular flexibility index (Phi) is 1.79. The van der Waals surface area contributed by atoms with Crippen molar-refractivity contribution in [1.29, 1.82) is 0 Å². The van der Waals surface area contributed by atoms with Crippen molar-refractivity contribution in [2.45, 2.75) is 19.4 Å². The molecule has 1 aromatic rings. The van der Waals surface area contributed by atoms with Crippen LogP contribution in [0.3, 0.4) is 0 Å². The number of hydrogen-bond acceptors (Lipinski definition) is 4. The molecule has 0 aromatic heterocycles. The van der Waals surface area contributed by atoms with Crippen molar-refractivity contribution in [3.05, 3.63) is 17.7 Å². The molecule has 5 heteroatoms. The number of carbonyl (C=O) groups is 1. The zero-order valence-electron chi connectivity index (χ0n) is 8.63. The van der Waals surface area contributed by atoms with Crippen molar-refractivity contribution in [2.75, 3.05) is 16.8 Å². The molecule has 0 spiro atoms. The van der Waals surface area contributed by atoms with Crippen molar-refractivity contribution >= 4 is 23.2 Å². The summed E-state index contributed by atoms with van der Waals surface area (Å²) in [5.74, 6) is 0. The summed E-state index contributed by atoms with van der Waals surface area (Å²) in [6, 6.07) is 3.37. The highest BCUT2D eigenvalue weighted by atomic mass is 16.6. The van der Waals surface area contributed by atoms with Gasteiger partial charge in [-0.2, -0.15) is 0 Å². The lowest BCUT2D eigenvalue weighted by Crippen LogP contribution is -2.34. The molecule has 15 heavy (non-hydrogen) atoms. The largest absolute Gasteiger partial charge is 0.438 e. The average molecular weight is 207 g/mol. The van der Waals surface area contributed by atoms with E-state index in [1.54, 1.807) is 26.0 Å². The van der Waals surface area contributed by atoms with Gasteiger partial charge in [-0.1, -0.05) is 0 Å². The number of nitrogens with one attached hydrogen (secondary N) is 1. The Morgan fingerprint density at radius 2 is 1.87 bits per heavy atom. The van der Waals surface area contributed by atoms with Crippen molar-refractivity contribution in [3.63, 3.8) is 0 Å². The van der Waals surface area contributed by atoms with Gasteiger partial charge in [0.25, 0.3) is 0 Å². The van der Waals surface area contributed by atoms with E-state index < -0.39 is 11.7 Å². The highest BCUT2D eigenvalue weighted by Gasteiger charge is 2.33. The second-order valence-electron chi connectivity index (χ2n) is 4.05. The molecule has 2 rings (SSSR count). The predicted molar refractivity (Wildman–Crippen MR) is 58.4 cm³/mol. The minimum absolute atomic E-state index is 0.451. The number of nitrogens with two attached hydrogens (primary N) is 2. The molecular weight excluding hydrogens is 194 g/mol. The minimum atomic E-state index is -0.681. The van der Waals surface area contributed by atoms with Crippen molar-refractivity contribution < 1.29 is 9.53 Å². The minimum Gasteiger partial charge on any atom is -0.438 e. The van der Waals surface area contributed by atoms with Gasteiger partial charge in [-0.25, -0.2) is 4.79 Å². The summed E-state index contributed by atoms with van der Waals surface area (Å²) in [7, 11) is 0. The number of fused-ring (bicyclic) bond motifs is 1. The van der Waals surface area contributed by atoms with Gasteiger partial charge in [-0.05, 0) is 26.0 Å². The molecule has 5 N–H and O–H groups in total. The Hall–Kier alpha value is -1.91. The molecule has 80 valence electrons. The van der Waals surface area contributed by atoms with Crippen molar-refractivity contribution in [3.8, 4) is 0 Å². The quantitative estimate of drug-likeness (QED) is 0.564. The second-order valence-corrected chi connectivity index (χ2v) is 4.05. The van der Waals surface area contributed by atoms with Crippen molar-refractivity contribution in [1.82, 2.24) is 0 Å². The molecule has 0 bridgehead atoms. The Bertz CT molecular complexity index is 441. The van der Waals surface area contributed by atoms with Gasteiger partial charge in [0.2, 0.25) is 0 Å². The van der Waals surface area contributed by atoms with Crippen LogP contribution in [-0.2, 0) is 10.3 Å². The highest BCUT2D eigenvalue weighted by molar-refractivity contribution is 5.91. The van der Waals surface area contributed by atoms with Crippen LogP contribution in [0.25, 0.3) is 0 Å². The molecular formula is C10H13N3O2. The number of amides is 1. The summed E-state index contributed by atoms with van der Waals surface area (Å²) in [4.78, 5) is 11.2. The topological polar surface area (TPSA) is 90.4 Å². The molecule has 0 aliphatic carbocycles. The number of anilines is 3. The van der Waals surface area contributed by atoms with Crippen LogP contribution in [-0.4, -0.2) is 6.09 Å². The number of nitrogen functional groups attached to an aromatic ring is 2. The lowest BCUT2D eigenvalue weighted by molar-refractivity contribution is 0.0421. The summed E-state index contributed by atoms with van der Waals surface area (Å²) in [6.45, 7) is 3.61. The van der Waals surface area contributed by atoms with Crippen LogP contribution < -0.4 is 16.8 Å². The van der Waals surface area contributed by atoms with Crippen LogP contribution in [0.15, 0.2) is 12.1 Å². The Morgan fingerprint density at radius 3 is 2.53 bits per heavy atom. The van der Waals surface area contributed by atoms with E-state index in [9.17, 15) is 4.79 Å². The third-order valence-corrected chi connectivity index (χ3v) is 2.46. The summed E-state index contributed by atoms with van der Waals surface area (Å²) in [5.41, 5.74) is 13.1. The molecule has 1 aliphatic heterocycles. The summed E-state index contributed by atoms with van der Waals surface area (Å²) < 4.78 is 5.15. The number of ether oxygens (including phenoxy) is 1. The second kappa shape index (κ2) is 2.79. The lowest BCUT2D eigenvalue weighted by atomic mass is 9.94. The first-order chi connectivity index (χ1) is 6.90. The Balaban J connectivity index is 2.62. The molecule has 0 saturated carbocycles. The van der Waals surface area contributed by atoms with Gasteiger partial charge in [0, 0.05) is 5.56 Å². The number of rotatable bonds is 0. The fourth-order valence-electron chi connectivity index (χ4n) is 1.66. The van der Waals surface area contributed by atoms with Crippen molar-refractivity contribution in [2.24, 2.45) is 0 Å². The third-order valence-electron chi connectivity index (χ3n) is 2.46. The SMILES string of the molecule is CC1(C)OC(=O)Nc2cc(N)c(N)cc21. The molecule has 5 nitrogen and oxygen atoms in total. The smallest absolute Gasteiger partial charge is 0.412 e. The summed E-state index contributed by atoms with van der Waals surface area (Å²) in [6.07, 6.45) is -0.475. The molecule has 0 fully saturated rings. The van der Waals surface area contributed by atoms with E-state index in [-0.39, 0.29) is 0 Å². The zero-order chi connectivity index (χ0) is 11.2. The van der Waals surface area contributed by atoms with E-state index in [0.29, 0.717) is 17.1 Å². The maximum Gasteiger partial charge on any atom is 0.412 e. The summed E-state index contributed by atoms with van der Waals surface area (Å²) >= 11 is 0. The van der Waals surface area contributed by atoms with E-state index in [0.717, 1.165) is 5.56 Å². The first-order valence-electron chi connectivity index (χ1n) is 4.59. The van der Waals surface area contributed by atoms with Crippen LogP contribution in [0.4, 0.5) is 21.9 Å². The molecule has 1 aromatic carbocycles. The van der Waals surface area contributed by atoms with Crippen LogP contribution in [0.1, 0.15) is 19.4 Å². The number of hydrogen-bond donors (Lipinski definition) is 3. The maximum absolute atomic E-state index is 11.2. The molecule has 1 heterocycles. The third kappa shape index (κ3) is 1.45. The Labute approximate surface area is 87.4 Å². The van der Waals surface area contributed by atoms with Crippen LogP contribution in [0, 0.1) is 0 Å². The van der Waals surface area contributed by atoms with E-state index >= 15 is 0 Å². The fraction of sp³-hybridized carbons (Fsp3) is 0.300. The number of benzene rings is 1. The standard InChI is InChI=1S/C10H13N3O2/c1-10(2)5-3-6(11)7(12)4-8(5)13-9(14)15-10/h3-4H,11-12H2,1-2H3,(H,13,14). The molecule has 0 unspecified atom stereocenters. The maximum atomic E-state index is 11.2. The van der Waals surface area contributed by atoms with E-state index in [4.69, 9.17) is 16.2 Å². The monoisotopic (exact) mass is 207 g/mol. The van der Waals surface area contributed by atoms with E-state index in [1.165, 1.54) is 0 Å².